The minimum Gasteiger partial charge on any atom is -0.506 e. The average molecular weight is 243 g/mol. The molecule has 1 N–H and O–H groups in total. The zero-order valence-corrected chi connectivity index (χ0v) is 9.09. The minimum absolute atomic E-state index is 0.261. The number of halogens is 1. The van der Waals surface area contributed by atoms with Gasteiger partial charge < -0.3 is 5.11 Å². The van der Waals surface area contributed by atoms with E-state index >= 15 is 0 Å². The Balaban J connectivity index is 2.88. The summed E-state index contributed by atoms with van der Waals surface area (Å²) in [7, 11) is 1.27. The fraction of sp³-hybridized carbons (Fsp3) is 0. The predicted octanol–water partition coefficient (Wildman–Crippen LogP) is 2.47. The molecule has 0 amide bonds. The molecule has 0 fully saturated rings. The summed E-state index contributed by atoms with van der Waals surface area (Å²) in [5.74, 6) is -0.303. The lowest BCUT2D eigenvalue weighted by Gasteiger charge is -2.04. The first-order valence-corrected chi connectivity index (χ1v) is 6.46. The molecular formula is C10H7ClO3S. The van der Waals surface area contributed by atoms with Gasteiger partial charge in [-0.3, -0.25) is 0 Å². The van der Waals surface area contributed by atoms with Gasteiger partial charge in [0.15, 0.2) is 0 Å². The Labute approximate surface area is 91.3 Å². The number of hydrogen-bond acceptors (Lipinski definition) is 3. The maximum atomic E-state index is 11.1. The number of benzene rings is 2. The van der Waals surface area contributed by atoms with Gasteiger partial charge in [0, 0.05) is 16.1 Å². The second kappa shape index (κ2) is 3.40. The predicted molar refractivity (Wildman–Crippen MR) is 58.7 cm³/mol. The van der Waals surface area contributed by atoms with Crippen LogP contribution >= 0.6 is 10.7 Å². The first-order valence-electron chi connectivity index (χ1n) is 4.15. The third kappa shape index (κ3) is 1.78. The number of rotatable bonds is 1. The zero-order valence-electron chi connectivity index (χ0n) is 7.51. The summed E-state index contributed by atoms with van der Waals surface area (Å²) >= 11 is 0. The third-order valence-electron chi connectivity index (χ3n) is 2.13. The normalized spacial score (nSPS) is 11.8. The number of aromatic hydroxyl groups is 1. The maximum Gasteiger partial charge on any atom is 0.264 e. The van der Waals surface area contributed by atoms with Crippen LogP contribution in [0, 0.1) is 0 Å². The van der Waals surface area contributed by atoms with E-state index in [4.69, 9.17) is 10.7 Å². The van der Waals surface area contributed by atoms with Crippen LogP contribution in [-0.2, 0) is 9.05 Å². The first kappa shape index (κ1) is 10.3. The molecule has 0 spiro atoms. The Kier molecular flexibility index (Phi) is 2.32. The van der Waals surface area contributed by atoms with E-state index in [0.29, 0.717) is 5.39 Å². The van der Waals surface area contributed by atoms with Gasteiger partial charge in [-0.25, -0.2) is 8.42 Å². The molecule has 0 saturated heterocycles. The Bertz CT molecular complexity index is 620. The van der Waals surface area contributed by atoms with Gasteiger partial charge >= 0.3 is 0 Å². The van der Waals surface area contributed by atoms with Crippen molar-refractivity contribution in [3.63, 3.8) is 0 Å². The summed E-state index contributed by atoms with van der Waals surface area (Å²) < 4.78 is 22.2. The largest absolute Gasteiger partial charge is 0.506 e. The van der Waals surface area contributed by atoms with Gasteiger partial charge in [-0.15, -0.1) is 0 Å². The molecule has 3 nitrogen and oxygen atoms in total. The van der Waals surface area contributed by atoms with E-state index in [2.05, 4.69) is 0 Å². The number of phenols is 1. The van der Waals surface area contributed by atoms with Crippen molar-refractivity contribution in [2.75, 3.05) is 0 Å². The summed E-state index contributed by atoms with van der Waals surface area (Å²) in [4.78, 5) is -0.261. The van der Waals surface area contributed by atoms with Crippen LogP contribution in [0.2, 0.25) is 0 Å². The minimum atomic E-state index is -3.90. The van der Waals surface area contributed by atoms with Crippen LogP contribution in [0.25, 0.3) is 10.8 Å². The molecule has 0 aliphatic rings. The SMILES string of the molecule is O=S(=O)(Cl)c1ccc2ccccc2c1O. The van der Waals surface area contributed by atoms with Crippen molar-refractivity contribution in [2.45, 2.75) is 4.90 Å². The van der Waals surface area contributed by atoms with E-state index in [1.165, 1.54) is 6.07 Å². The summed E-state index contributed by atoms with van der Waals surface area (Å²) in [6.45, 7) is 0. The molecule has 0 aliphatic heterocycles. The van der Waals surface area contributed by atoms with Gasteiger partial charge in [0.05, 0.1) is 0 Å². The molecular weight excluding hydrogens is 236 g/mol. The zero-order chi connectivity index (χ0) is 11.1. The molecule has 2 rings (SSSR count). The number of phenolic OH excluding ortho intramolecular Hbond substituents is 1. The number of fused-ring (bicyclic) bond motifs is 1. The topological polar surface area (TPSA) is 54.4 Å². The van der Waals surface area contributed by atoms with Crippen LogP contribution in [0.3, 0.4) is 0 Å². The van der Waals surface area contributed by atoms with Gasteiger partial charge in [-0.2, -0.15) is 0 Å². The fourth-order valence-electron chi connectivity index (χ4n) is 1.43. The van der Waals surface area contributed by atoms with Crippen molar-refractivity contribution in [2.24, 2.45) is 0 Å². The van der Waals surface area contributed by atoms with E-state index in [1.54, 1.807) is 30.3 Å². The van der Waals surface area contributed by atoms with E-state index < -0.39 is 9.05 Å². The molecule has 0 saturated carbocycles. The Hall–Kier alpha value is -1.26. The highest BCUT2D eigenvalue weighted by molar-refractivity contribution is 8.13. The standard InChI is InChI=1S/C10H7ClO3S/c11-15(13,14)9-6-5-7-3-1-2-4-8(7)10(9)12/h1-6,12H. The van der Waals surface area contributed by atoms with Gasteiger partial charge in [0.2, 0.25) is 0 Å². The Morgan fingerprint density at radius 3 is 2.40 bits per heavy atom. The van der Waals surface area contributed by atoms with E-state index in [9.17, 15) is 13.5 Å². The van der Waals surface area contributed by atoms with Gasteiger partial charge in [0.1, 0.15) is 10.6 Å². The van der Waals surface area contributed by atoms with Crippen molar-refractivity contribution in [3.05, 3.63) is 36.4 Å². The first-order chi connectivity index (χ1) is 7.00. The van der Waals surface area contributed by atoms with Crippen molar-refractivity contribution in [1.29, 1.82) is 0 Å². The summed E-state index contributed by atoms with van der Waals surface area (Å²) in [6.07, 6.45) is 0. The van der Waals surface area contributed by atoms with Crippen LogP contribution in [0.5, 0.6) is 5.75 Å². The molecule has 0 heterocycles. The Morgan fingerprint density at radius 1 is 1.07 bits per heavy atom. The second-order valence-electron chi connectivity index (χ2n) is 3.07. The lowest BCUT2D eigenvalue weighted by Crippen LogP contribution is -1.91. The molecule has 2 aromatic carbocycles. The van der Waals surface area contributed by atoms with Crippen molar-refractivity contribution < 1.29 is 13.5 Å². The molecule has 0 unspecified atom stereocenters. The number of hydrogen-bond donors (Lipinski definition) is 1. The van der Waals surface area contributed by atoms with Crippen molar-refractivity contribution >= 4 is 30.5 Å². The van der Waals surface area contributed by atoms with Crippen LogP contribution < -0.4 is 0 Å². The van der Waals surface area contributed by atoms with Gasteiger partial charge in [0.25, 0.3) is 9.05 Å². The van der Waals surface area contributed by atoms with E-state index in [1.807, 2.05) is 0 Å². The summed E-state index contributed by atoms with van der Waals surface area (Å²) in [5, 5.41) is 11.0. The van der Waals surface area contributed by atoms with Gasteiger partial charge in [-0.05, 0) is 11.5 Å². The molecule has 0 aliphatic carbocycles. The van der Waals surface area contributed by atoms with Crippen LogP contribution in [0.1, 0.15) is 0 Å². The molecule has 5 heteroatoms. The molecule has 0 atom stereocenters. The monoisotopic (exact) mass is 242 g/mol. The molecule has 0 bridgehead atoms. The fourth-order valence-corrected chi connectivity index (χ4v) is 2.38. The second-order valence-corrected chi connectivity index (χ2v) is 5.61. The molecule has 0 aromatic heterocycles. The summed E-state index contributed by atoms with van der Waals surface area (Å²) in [6, 6.07) is 9.82. The van der Waals surface area contributed by atoms with Crippen molar-refractivity contribution in [1.82, 2.24) is 0 Å². The molecule has 2 aromatic rings. The molecule has 78 valence electrons. The third-order valence-corrected chi connectivity index (χ3v) is 3.48. The van der Waals surface area contributed by atoms with E-state index in [-0.39, 0.29) is 10.6 Å². The maximum absolute atomic E-state index is 11.1. The van der Waals surface area contributed by atoms with Gasteiger partial charge in [-0.1, -0.05) is 30.3 Å². The Morgan fingerprint density at radius 2 is 1.73 bits per heavy atom. The van der Waals surface area contributed by atoms with Crippen molar-refractivity contribution in [3.8, 4) is 5.75 Å². The summed E-state index contributed by atoms with van der Waals surface area (Å²) in [5.41, 5.74) is 0. The van der Waals surface area contributed by atoms with Crippen LogP contribution in [0.15, 0.2) is 41.3 Å². The quantitative estimate of drug-likeness (QED) is 0.782. The molecule has 15 heavy (non-hydrogen) atoms. The van der Waals surface area contributed by atoms with E-state index in [0.717, 1.165) is 5.39 Å². The van der Waals surface area contributed by atoms with Crippen LogP contribution in [0.4, 0.5) is 0 Å². The lowest BCUT2D eigenvalue weighted by atomic mass is 10.1. The molecule has 0 radical (unpaired) electrons. The average Bonchev–Trinajstić information content (AvgIpc) is 2.16. The highest BCUT2D eigenvalue weighted by atomic mass is 35.7. The smallest absolute Gasteiger partial charge is 0.264 e. The lowest BCUT2D eigenvalue weighted by molar-refractivity contribution is 0.466. The highest BCUT2D eigenvalue weighted by Crippen LogP contribution is 2.33. The van der Waals surface area contributed by atoms with Crippen LogP contribution in [-0.4, -0.2) is 13.5 Å². The highest BCUT2D eigenvalue weighted by Gasteiger charge is 2.16.